The molecule has 1 amide bonds. The molecule has 1 aliphatic rings. The van der Waals surface area contributed by atoms with Crippen LogP contribution in [0.4, 0.5) is 14.6 Å². The number of nitrogens with zero attached hydrogens (tertiary/aromatic N) is 3. The van der Waals surface area contributed by atoms with E-state index >= 15 is 0 Å². The molecule has 36 heavy (non-hydrogen) atoms. The maximum Gasteiger partial charge on any atom is 0.258 e. The van der Waals surface area contributed by atoms with Crippen molar-refractivity contribution < 1.29 is 23.0 Å². The summed E-state index contributed by atoms with van der Waals surface area (Å²) in [5.41, 5.74) is 7.18. The molecular formula is C25H26ClF2N5O3. The van der Waals surface area contributed by atoms with Crippen LogP contribution in [0.3, 0.4) is 0 Å². The predicted molar refractivity (Wildman–Crippen MR) is 132 cm³/mol. The molecule has 2 heterocycles. The Bertz CT molecular complexity index is 1220. The predicted octanol–water partition coefficient (Wildman–Crippen LogP) is 3.69. The highest BCUT2D eigenvalue weighted by atomic mass is 35.5. The number of nitrogens with one attached hydrogen (secondary N) is 1. The van der Waals surface area contributed by atoms with Crippen LogP contribution in [0.15, 0.2) is 42.6 Å². The molecule has 1 aliphatic heterocycles. The smallest absolute Gasteiger partial charge is 0.258 e. The monoisotopic (exact) mass is 517 g/mol. The van der Waals surface area contributed by atoms with Crippen LogP contribution in [0.1, 0.15) is 22.3 Å². The van der Waals surface area contributed by atoms with Gasteiger partial charge in [0.1, 0.15) is 18.2 Å². The second-order valence-corrected chi connectivity index (χ2v) is 8.58. The van der Waals surface area contributed by atoms with E-state index < -0.39 is 18.2 Å². The van der Waals surface area contributed by atoms with Crippen LogP contribution in [0.25, 0.3) is 11.3 Å². The number of rotatable bonds is 9. The van der Waals surface area contributed by atoms with Crippen LogP contribution in [0, 0.1) is 11.6 Å². The second kappa shape index (κ2) is 12.1. The minimum Gasteiger partial charge on any atom is -0.470 e. The summed E-state index contributed by atoms with van der Waals surface area (Å²) >= 11 is 5.86. The molecule has 0 aliphatic carbocycles. The number of hydrogen-bond acceptors (Lipinski definition) is 7. The minimum absolute atomic E-state index is 0.0270. The van der Waals surface area contributed by atoms with Crippen LogP contribution < -0.4 is 15.8 Å². The van der Waals surface area contributed by atoms with E-state index in [1.165, 1.54) is 6.20 Å². The quantitative estimate of drug-likeness (QED) is 0.329. The van der Waals surface area contributed by atoms with E-state index in [9.17, 15) is 13.6 Å². The number of carbonyl (C=O) groups is 1. The molecule has 0 unspecified atom stereocenters. The molecule has 1 saturated heterocycles. The van der Waals surface area contributed by atoms with Gasteiger partial charge in [0.2, 0.25) is 0 Å². The van der Waals surface area contributed by atoms with Gasteiger partial charge in [-0.15, -0.1) is 0 Å². The van der Waals surface area contributed by atoms with Crippen LogP contribution in [0.2, 0.25) is 5.02 Å². The lowest BCUT2D eigenvalue weighted by atomic mass is 10.1. The summed E-state index contributed by atoms with van der Waals surface area (Å²) in [6.45, 7) is 4.38. The highest BCUT2D eigenvalue weighted by Gasteiger charge is 2.16. The van der Waals surface area contributed by atoms with Gasteiger partial charge >= 0.3 is 0 Å². The second-order valence-electron chi connectivity index (χ2n) is 8.20. The van der Waals surface area contributed by atoms with Crippen molar-refractivity contribution in [2.24, 2.45) is 0 Å². The first-order chi connectivity index (χ1) is 17.4. The molecule has 11 heteroatoms. The van der Waals surface area contributed by atoms with Crippen molar-refractivity contribution in [1.82, 2.24) is 20.2 Å². The molecule has 1 aromatic heterocycles. The van der Waals surface area contributed by atoms with Crippen LogP contribution in [-0.2, 0) is 11.3 Å². The third-order valence-electron chi connectivity index (χ3n) is 5.72. The number of morpholine rings is 1. The summed E-state index contributed by atoms with van der Waals surface area (Å²) in [4.78, 5) is 23.4. The number of halogens is 3. The van der Waals surface area contributed by atoms with Gasteiger partial charge in [0.15, 0.2) is 5.82 Å². The highest BCUT2D eigenvalue weighted by Crippen LogP contribution is 2.27. The number of aromatic nitrogens is 2. The molecule has 0 atom stereocenters. The fourth-order valence-electron chi connectivity index (χ4n) is 3.72. The number of carbonyl (C=O) groups excluding carboxylic acids is 1. The van der Waals surface area contributed by atoms with E-state index in [0.29, 0.717) is 23.4 Å². The van der Waals surface area contributed by atoms with Crippen molar-refractivity contribution in [3.05, 3.63) is 70.4 Å². The molecule has 0 bridgehead atoms. The largest absolute Gasteiger partial charge is 0.470 e. The normalized spacial score (nSPS) is 14.0. The lowest BCUT2D eigenvalue weighted by Gasteiger charge is -2.26. The Morgan fingerprint density at radius 3 is 2.78 bits per heavy atom. The van der Waals surface area contributed by atoms with E-state index in [1.54, 1.807) is 24.3 Å². The first-order valence-corrected chi connectivity index (χ1v) is 11.9. The Labute approximate surface area is 212 Å². The Hall–Kier alpha value is -3.34. The van der Waals surface area contributed by atoms with E-state index in [2.05, 4.69) is 20.2 Å². The Kier molecular flexibility index (Phi) is 8.63. The van der Waals surface area contributed by atoms with Gasteiger partial charge in [0.25, 0.3) is 11.8 Å². The first-order valence-electron chi connectivity index (χ1n) is 11.5. The Morgan fingerprint density at radius 1 is 1.19 bits per heavy atom. The van der Waals surface area contributed by atoms with Gasteiger partial charge in [-0.1, -0.05) is 23.7 Å². The maximum atomic E-state index is 14.1. The fourth-order valence-corrected chi connectivity index (χ4v) is 3.93. The maximum absolute atomic E-state index is 14.1. The van der Waals surface area contributed by atoms with Crippen LogP contribution in [-0.4, -0.2) is 60.2 Å². The molecular weight excluding hydrogens is 492 g/mol. The van der Waals surface area contributed by atoms with Crippen molar-refractivity contribution in [2.75, 3.05) is 45.1 Å². The summed E-state index contributed by atoms with van der Waals surface area (Å²) in [6, 6.07) is 8.79. The van der Waals surface area contributed by atoms with E-state index in [1.807, 2.05) is 0 Å². The molecule has 3 N–H and O–H groups in total. The number of amides is 1. The first kappa shape index (κ1) is 25.7. The molecule has 3 aromatic rings. The van der Waals surface area contributed by atoms with Gasteiger partial charge in [0.05, 0.1) is 30.1 Å². The minimum atomic E-state index is -0.763. The zero-order valence-corrected chi connectivity index (χ0v) is 20.2. The van der Waals surface area contributed by atoms with Gasteiger partial charge in [-0.25, -0.2) is 18.7 Å². The van der Waals surface area contributed by atoms with E-state index in [-0.39, 0.29) is 28.2 Å². The molecule has 8 nitrogen and oxygen atoms in total. The lowest BCUT2D eigenvalue weighted by molar-refractivity contribution is 0.0374. The van der Waals surface area contributed by atoms with Gasteiger partial charge in [-0.2, -0.15) is 0 Å². The SMILES string of the molecule is Nc1ncc(-c2cccc(C(=O)NCCCN3CCOCC3)c2)nc1OCc1c(F)ccc(F)c1Cl. The summed E-state index contributed by atoms with van der Waals surface area (Å²) in [7, 11) is 0. The molecule has 0 radical (unpaired) electrons. The Balaban J connectivity index is 1.40. The van der Waals surface area contributed by atoms with Gasteiger partial charge in [-0.05, 0) is 37.2 Å². The van der Waals surface area contributed by atoms with Crippen molar-refractivity contribution in [3.8, 4) is 17.1 Å². The van der Waals surface area contributed by atoms with Crippen LogP contribution in [0.5, 0.6) is 5.88 Å². The van der Waals surface area contributed by atoms with Gasteiger partial charge in [0, 0.05) is 36.3 Å². The summed E-state index contributed by atoms with van der Waals surface area (Å²) in [5, 5.41) is 2.56. The number of hydrogen-bond donors (Lipinski definition) is 2. The Morgan fingerprint density at radius 2 is 1.97 bits per heavy atom. The average Bonchev–Trinajstić information content (AvgIpc) is 2.90. The standard InChI is InChI=1S/C25H26ClF2N5O3/c26-22-18(19(27)5-6-20(22)28)15-36-25-23(29)31-14-21(32-25)16-3-1-4-17(13-16)24(34)30-7-2-8-33-9-11-35-12-10-33/h1,3-6,13-14H,2,7-12,15H2,(H2,29,31)(H,30,34). The molecule has 2 aromatic carbocycles. The molecule has 190 valence electrons. The molecule has 1 fully saturated rings. The average molecular weight is 518 g/mol. The summed E-state index contributed by atoms with van der Waals surface area (Å²) in [5.74, 6) is -1.77. The van der Waals surface area contributed by atoms with Crippen molar-refractivity contribution in [2.45, 2.75) is 13.0 Å². The zero-order chi connectivity index (χ0) is 25.5. The third kappa shape index (κ3) is 6.45. The molecule has 0 saturated carbocycles. The van der Waals surface area contributed by atoms with Crippen molar-refractivity contribution in [3.63, 3.8) is 0 Å². The van der Waals surface area contributed by atoms with Crippen LogP contribution >= 0.6 is 11.6 Å². The molecule has 4 rings (SSSR count). The highest BCUT2D eigenvalue weighted by molar-refractivity contribution is 6.31. The van der Waals surface area contributed by atoms with E-state index in [4.69, 9.17) is 26.8 Å². The van der Waals surface area contributed by atoms with Gasteiger partial charge < -0.3 is 20.5 Å². The molecule has 0 spiro atoms. The lowest BCUT2D eigenvalue weighted by Crippen LogP contribution is -2.38. The fraction of sp³-hybridized carbons (Fsp3) is 0.320. The van der Waals surface area contributed by atoms with E-state index in [0.717, 1.165) is 51.4 Å². The summed E-state index contributed by atoms with van der Waals surface area (Å²) < 4.78 is 38.6. The number of nitrogen functional groups attached to an aromatic ring is 1. The number of nitrogens with two attached hydrogens (primary N) is 1. The zero-order valence-electron chi connectivity index (χ0n) is 19.5. The summed E-state index contributed by atoms with van der Waals surface area (Å²) in [6.07, 6.45) is 2.28. The number of ether oxygens (including phenoxy) is 2. The number of benzene rings is 2. The number of anilines is 1. The van der Waals surface area contributed by atoms with Gasteiger partial charge in [-0.3, -0.25) is 9.69 Å². The third-order valence-corrected chi connectivity index (χ3v) is 6.13. The van der Waals surface area contributed by atoms with Crippen molar-refractivity contribution >= 4 is 23.3 Å². The van der Waals surface area contributed by atoms with Crippen molar-refractivity contribution in [1.29, 1.82) is 0 Å². The topological polar surface area (TPSA) is 103 Å².